The van der Waals surface area contributed by atoms with Crippen molar-refractivity contribution in [2.75, 3.05) is 24.2 Å². The van der Waals surface area contributed by atoms with Crippen molar-refractivity contribution in [3.8, 4) is 0 Å². The quantitative estimate of drug-likeness (QED) is 0.393. The molecule has 2 aromatic rings. The van der Waals surface area contributed by atoms with Gasteiger partial charge in [0, 0.05) is 19.3 Å². The molecule has 1 aromatic carbocycles. The number of aromatic nitrogens is 2. The van der Waals surface area contributed by atoms with E-state index in [1.807, 2.05) is 30.1 Å². The predicted octanol–water partition coefficient (Wildman–Crippen LogP) is -5.30. The molecule has 1 heterocycles. The molecule has 20 heavy (non-hydrogen) atoms. The molecule has 0 fully saturated rings. The van der Waals surface area contributed by atoms with Crippen LogP contribution in [0.4, 0.5) is 5.69 Å². The number of anilines is 1. The summed E-state index contributed by atoms with van der Waals surface area (Å²) in [5.74, 6) is 0.231. The van der Waals surface area contributed by atoms with Crippen LogP contribution in [-0.4, -0.2) is 28.1 Å². The standard InChI is InChI=1S/C9H12N3O3PS2.2Na/c1-12(5-6-17-16(13,14)15)8-4-2-3-7-9(8)11-18-10-7;;/h2-4H,5-6H2,1H3,(H2,13,14,15);;/q;2*+1/p-2. The van der Waals surface area contributed by atoms with Crippen LogP contribution in [0.15, 0.2) is 18.2 Å². The molecule has 0 saturated carbocycles. The molecule has 0 amide bonds. The van der Waals surface area contributed by atoms with Crippen LogP contribution >= 0.6 is 29.9 Å². The summed E-state index contributed by atoms with van der Waals surface area (Å²) in [5.41, 5.74) is 2.49. The number of fused-ring (bicyclic) bond motifs is 1. The summed E-state index contributed by atoms with van der Waals surface area (Å²) in [6.07, 6.45) is 0. The molecule has 6 nitrogen and oxygen atoms in total. The first-order chi connectivity index (χ1) is 8.47. The molecule has 0 saturated heterocycles. The Morgan fingerprint density at radius 3 is 2.70 bits per heavy atom. The van der Waals surface area contributed by atoms with Gasteiger partial charge < -0.3 is 19.3 Å². The van der Waals surface area contributed by atoms with Gasteiger partial charge >= 0.3 is 59.1 Å². The summed E-state index contributed by atoms with van der Waals surface area (Å²) in [7, 11) is 1.83. The Labute approximate surface area is 169 Å². The Morgan fingerprint density at radius 1 is 1.35 bits per heavy atom. The predicted molar refractivity (Wildman–Crippen MR) is 70.7 cm³/mol. The third-order valence-corrected chi connectivity index (χ3v) is 5.07. The van der Waals surface area contributed by atoms with Crippen LogP contribution in [0.2, 0.25) is 0 Å². The summed E-state index contributed by atoms with van der Waals surface area (Å²) < 4.78 is 18.9. The number of hydrogen-bond donors (Lipinski definition) is 0. The first-order valence-electron chi connectivity index (χ1n) is 5.06. The van der Waals surface area contributed by atoms with Crippen molar-refractivity contribution in [2.24, 2.45) is 0 Å². The number of hydrogen-bond acceptors (Lipinski definition) is 8. The molecular weight excluding hydrogens is 339 g/mol. The minimum atomic E-state index is -4.49. The van der Waals surface area contributed by atoms with E-state index in [4.69, 9.17) is 0 Å². The second-order valence-electron chi connectivity index (χ2n) is 3.61. The fourth-order valence-electron chi connectivity index (χ4n) is 1.51. The molecule has 0 atom stereocenters. The first-order valence-corrected chi connectivity index (χ1v) is 8.93. The van der Waals surface area contributed by atoms with Crippen LogP contribution in [0, 0.1) is 0 Å². The zero-order valence-corrected chi connectivity index (χ0v) is 18.0. The topological polar surface area (TPSA) is 92.2 Å². The molecule has 1 aromatic heterocycles. The minimum Gasteiger partial charge on any atom is -0.803 e. The van der Waals surface area contributed by atoms with E-state index >= 15 is 0 Å². The monoisotopic (exact) mass is 349 g/mol. The van der Waals surface area contributed by atoms with E-state index in [1.54, 1.807) is 0 Å². The van der Waals surface area contributed by atoms with E-state index in [9.17, 15) is 14.4 Å². The van der Waals surface area contributed by atoms with Crippen LogP contribution in [0.25, 0.3) is 11.0 Å². The molecule has 0 aliphatic rings. The third-order valence-electron chi connectivity index (χ3n) is 2.35. The van der Waals surface area contributed by atoms with E-state index in [0.29, 0.717) is 17.9 Å². The second kappa shape index (κ2) is 9.47. The number of benzene rings is 1. The van der Waals surface area contributed by atoms with Crippen molar-refractivity contribution in [3.63, 3.8) is 0 Å². The fourth-order valence-corrected chi connectivity index (χ4v) is 3.55. The van der Waals surface area contributed by atoms with Gasteiger partial charge in [0.05, 0.1) is 17.4 Å². The average Bonchev–Trinajstić information content (AvgIpc) is 2.74. The molecule has 98 valence electrons. The maximum absolute atomic E-state index is 10.5. The van der Waals surface area contributed by atoms with Crippen molar-refractivity contribution < 1.29 is 73.5 Å². The summed E-state index contributed by atoms with van der Waals surface area (Å²) in [6.45, 7) is -4.03. The maximum atomic E-state index is 10.5. The molecule has 0 bridgehead atoms. The summed E-state index contributed by atoms with van der Waals surface area (Å²) in [5, 5.41) is 0. The Morgan fingerprint density at radius 2 is 2.05 bits per heavy atom. The van der Waals surface area contributed by atoms with Crippen molar-refractivity contribution in [3.05, 3.63) is 18.2 Å². The van der Waals surface area contributed by atoms with Crippen molar-refractivity contribution in [2.45, 2.75) is 0 Å². The first kappa shape index (κ1) is 21.3. The molecule has 0 N–H and O–H groups in total. The molecule has 11 heteroatoms. The summed E-state index contributed by atoms with van der Waals surface area (Å²) in [6, 6.07) is 5.63. The van der Waals surface area contributed by atoms with Crippen molar-refractivity contribution >= 4 is 46.6 Å². The number of nitrogens with zero attached hydrogens (tertiary/aromatic N) is 3. The van der Waals surface area contributed by atoms with Gasteiger partial charge in [-0.2, -0.15) is 8.75 Å². The van der Waals surface area contributed by atoms with E-state index in [2.05, 4.69) is 8.75 Å². The van der Waals surface area contributed by atoms with E-state index < -0.39 is 6.80 Å². The minimum absolute atomic E-state index is 0. The largest absolute Gasteiger partial charge is 1.00 e. The van der Waals surface area contributed by atoms with Gasteiger partial charge in [-0.3, -0.25) is 0 Å². The van der Waals surface area contributed by atoms with Crippen LogP contribution < -0.4 is 73.8 Å². The smallest absolute Gasteiger partial charge is 0.803 e. The van der Waals surface area contributed by atoms with Gasteiger partial charge in [0.1, 0.15) is 11.0 Å². The van der Waals surface area contributed by atoms with Gasteiger partial charge in [-0.15, -0.1) is 11.4 Å². The van der Waals surface area contributed by atoms with Crippen LogP contribution in [0.1, 0.15) is 0 Å². The van der Waals surface area contributed by atoms with Crippen LogP contribution in [0.5, 0.6) is 0 Å². The number of rotatable bonds is 5. The molecule has 2 rings (SSSR count). The second-order valence-corrected chi connectivity index (χ2v) is 7.82. The maximum Gasteiger partial charge on any atom is 1.00 e. The molecule has 0 spiro atoms. The van der Waals surface area contributed by atoms with Gasteiger partial charge in [-0.1, -0.05) is 6.07 Å². The van der Waals surface area contributed by atoms with Gasteiger partial charge in [0.25, 0.3) is 0 Å². The fraction of sp³-hybridized carbons (Fsp3) is 0.333. The Bertz CT molecular complexity index is 595. The molecule has 0 aliphatic heterocycles. The van der Waals surface area contributed by atoms with Gasteiger partial charge in [0.15, 0.2) is 0 Å². The Hall–Kier alpha value is 1.34. The van der Waals surface area contributed by atoms with E-state index in [0.717, 1.165) is 28.4 Å². The Balaban J connectivity index is 0.00000180. The van der Waals surface area contributed by atoms with E-state index in [-0.39, 0.29) is 64.9 Å². The van der Waals surface area contributed by atoms with E-state index in [1.165, 1.54) is 0 Å². The average molecular weight is 349 g/mol. The van der Waals surface area contributed by atoms with Gasteiger partial charge in [-0.25, -0.2) is 0 Å². The SMILES string of the molecule is CN(CCSP(=O)([O-])[O-])c1cccc2nsnc12.[Na+].[Na+]. The Kier molecular flexibility index (Phi) is 10.1. The molecule has 0 radical (unpaired) electrons. The zero-order valence-electron chi connectivity index (χ0n) is 11.5. The van der Waals surface area contributed by atoms with Crippen molar-refractivity contribution in [1.82, 2.24) is 8.75 Å². The van der Waals surface area contributed by atoms with Gasteiger partial charge in [0.2, 0.25) is 0 Å². The van der Waals surface area contributed by atoms with Crippen LogP contribution in [-0.2, 0) is 4.57 Å². The van der Waals surface area contributed by atoms with Gasteiger partial charge in [-0.05, 0) is 18.9 Å². The molecule has 0 aliphatic carbocycles. The summed E-state index contributed by atoms with van der Waals surface area (Å²) >= 11 is 1.57. The third kappa shape index (κ3) is 6.22. The molecular formula is C9H10N3Na2O3PS2. The normalized spacial score (nSPS) is 10.8. The summed E-state index contributed by atoms with van der Waals surface area (Å²) in [4.78, 5) is 22.9. The van der Waals surface area contributed by atoms with Crippen molar-refractivity contribution in [1.29, 1.82) is 0 Å². The molecule has 0 unspecified atom stereocenters. The van der Waals surface area contributed by atoms with Crippen LogP contribution in [0.3, 0.4) is 0 Å². The zero-order chi connectivity index (χ0) is 13.2.